The molecule has 1 aromatic carbocycles. The van der Waals surface area contributed by atoms with Crippen molar-refractivity contribution in [3.05, 3.63) is 36.0 Å². The number of aryl methyl sites for hydroxylation is 1. The van der Waals surface area contributed by atoms with Gasteiger partial charge in [-0.15, -0.1) is 0 Å². The first-order valence-electron chi connectivity index (χ1n) is 8.58. The van der Waals surface area contributed by atoms with Gasteiger partial charge < -0.3 is 15.4 Å². The van der Waals surface area contributed by atoms with Crippen molar-refractivity contribution in [2.24, 2.45) is 5.92 Å². The van der Waals surface area contributed by atoms with Crippen LogP contribution in [-0.4, -0.2) is 27.5 Å². The van der Waals surface area contributed by atoms with Crippen molar-refractivity contribution in [1.82, 2.24) is 10.3 Å². The fraction of sp³-hybridized carbons (Fsp3) is 0.474. The zero-order chi connectivity index (χ0) is 17.2. The normalized spacial score (nSPS) is 24.0. The predicted molar refractivity (Wildman–Crippen MR) is 92.8 cm³/mol. The minimum absolute atomic E-state index is 0.0696. The number of hydrogen-bond donors (Lipinski definition) is 3. The van der Waals surface area contributed by atoms with Crippen molar-refractivity contribution in [2.45, 2.75) is 51.0 Å². The number of H-pyrrole nitrogens is 1. The van der Waals surface area contributed by atoms with Crippen molar-refractivity contribution in [3.63, 3.8) is 0 Å². The minimum atomic E-state index is -0.810. The van der Waals surface area contributed by atoms with Gasteiger partial charge in [0.1, 0.15) is 0 Å². The molecular formula is C19H24N2O3. The van der Waals surface area contributed by atoms with E-state index in [9.17, 15) is 14.7 Å². The first kappa shape index (κ1) is 16.6. The monoisotopic (exact) mass is 328 g/mol. The first-order valence-corrected chi connectivity index (χ1v) is 8.58. The molecule has 5 nitrogen and oxygen atoms in total. The zero-order valence-corrected chi connectivity index (χ0v) is 14.0. The Kier molecular flexibility index (Phi) is 4.60. The molecule has 1 amide bonds. The number of carbonyl (C=O) groups is 2. The van der Waals surface area contributed by atoms with Gasteiger partial charge in [0.25, 0.3) is 0 Å². The number of hydrogen-bond acceptors (Lipinski definition) is 2. The maximum Gasteiger partial charge on any atom is 0.308 e. The summed E-state index contributed by atoms with van der Waals surface area (Å²) < 4.78 is 0. The Morgan fingerprint density at radius 2 is 2.17 bits per heavy atom. The molecule has 5 heteroatoms. The largest absolute Gasteiger partial charge is 0.481 e. The number of benzene rings is 1. The van der Waals surface area contributed by atoms with Gasteiger partial charge >= 0.3 is 5.97 Å². The second-order valence-electron chi connectivity index (χ2n) is 7.00. The van der Waals surface area contributed by atoms with Crippen LogP contribution in [0.25, 0.3) is 10.9 Å². The van der Waals surface area contributed by atoms with Crippen LogP contribution in [0.5, 0.6) is 0 Å². The maximum absolute atomic E-state index is 12.4. The van der Waals surface area contributed by atoms with Gasteiger partial charge in [-0.1, -0.05) is 18.9 Å². The summed E-state index contributed by atoms with van der Waals surface area (Å²) in [5, 5.41) is 13.6. The van der Waals surface area contributed by atoms with Crippen LogP contribution in [0.1, 0.15) is 44.6 Å². The van der Waals surface area contributed by atoms with Crippen LogP contribution < -0.4 is 5.32 Å². The van der Waals surface area contributed by atoms with Crippen LogP contribution >= 0.6 is 0 Å². The lowest BCUT2D eigenvalue weighted by Crippen LogP contribution is -2.55. The number of nitrogens with one attached hydrogen (secondary N) is 2. The van der Waals surface area contributed by atoms with Crippen LogP contribution in [0.2, 0.25) is 0 Å². The Balaban J connectivity index is 1.61. The smallest absolute Gasteiger partial charge is 0.308 e. The molecule has 0 radical (unpaired) electrons. The van der Waals surface area contributed by atoms with Gasteiger partial charge in [-0.25, -0.2) is 0 Å². The van der Waals surface area contributed by atoms with Crippen LogP contribution in [0.4, 0.5) is 0 Å². The van der Waals surface area contributed by atoms with Crippen molar-refractivity contribution >= 4 is 22.8 Å². The first-order chi connectivity index (χ1) is 11.5. The van der Waals surface area contributed by atoms with E-state index in [1.807, 2.05) is 31.3 Å². The Hall–Kier alpha value is -2.30. The number of aromatic amines is 1. The number of carboxylic acids is 1. The van der Waals surface area contributed by atoms with E-state index in [2.05, 4.69) is 16.4 Å². The topological polar surface area (TPSA) is 82.2 Å². The second kappa shape index (κ2) is 6.67. The summed E-state index contributed by atoms with van der Waals surface area (Å²) in [5.41, 5.74) is 1.56. The Morgan fingerprint density at radius 1 is 1.33 bits per heavy atom. The van der Waals surface area contributed by atoms with Gasteiger partial charge in [0, 0.05) is 18.1 Å². The SMILES string of the molecule is CC1(NC(=O)CCc2ccc3[nH]ccc3c2)CCCCC1C(=O)O. The summed E-state index contributed by atoms with van der Waals surface area (Å²) in [6, 6.07) is 8.14. The highest BCUT2D eigenvalue weighted by Gasteiger charge is 2.41. The van der Waals surface area contributed by atoms with E-state index in [1.165, 1.54) is 0 Å². The fourth-order valence-electron chi connectivity index (χ4n) is 3.78. The van der Waals surface area contributed by atoms with E-state index in [4.69, 9.17) is 0 Å². The number of rotatable bonds is 5. The third-order valence-corrected chi connectivity index (χ3v) is 5.19. The van der Waals surface area contributed by atoms with Gasteiger partial charge in [0.05, 0.1) is 11.5 Å². The number of carboxylic acid groups (broad SMARTS) is 1. The Morgan fingerprint density at radius 3 is 2.96 bits per heavy atom. The lowest BCUT2D eigenvalue weighted by atomic mass is 9.74. The molecule has 24 heavy (non-hydrogen) atoms. The van der Waals surface area contributed by atoms with Crippen LogP contribution in [-0.2, 0) is 16.0 Å². The van der Waals surface area contributed by atoms with E-state index in [0.29, 0.717) is 19.3 Å². The summed E-state index contributed by atoms with van der Waals surface area (Å²) in [6.07, 6.45) is 6.17. The van der Waals surface area contributed by atoms with Gasteiger partial charge in [0.2, 0.25) is 5.91 Å². The quantitative estimate of drug-likeness (QED) is 0.788. The maximum atomic E-state index is 12.4. The van der Waals surface area contributed by atoms with E-state index in [0.717, 1.165) is 35.7 Å². The van der Waals surface area contributed by atoms with Crippen LogP contribution in [0, 0.1) is 5.92 Å². The molecule has 1 heterocycles. The summed E-state index contributed by atoms with van der Waals surface area (Å²) in [5.74, 6) is -1.37. The molecule has 0 bridgehead atoms. The van der Waals surface area contributed by atoms with Crippen LogP contribution in [0.3, 0.4) is 0 Å². The summed E-state index contributed by atoms with van der Waals surface area (Å²) in [4.78, 5) is 27.0. The molecular weight excluding hydrogens is 304 g/mol. The summed E-state index contributed by atoms with van der Waals surface area (Å²) in [7, 11) is 0. The molecule has 0 spiro atoms. The molecule has 2 atom stereocenters. The van der Waals surface area contributed by atoms with Crippen molar-refractivity contribution in [2.75, 3.05) is 0 Å². The number of amides is 1. The number of carbonyl (C=O) groups excluding carboxylic acids is 1. The minimum Gasteiger partial charge on any atom is -0.481 e. The molecule has 128 valence electrons. The molecule has 3 N–H and O–H groups in total. The molecule has 0 saturated heterocycles. The molecule has 1 aliphatic carbocycles. The summed E-state index contributed by atoms with van der Waals surface area (Å²) >= 11 is 0. The van der Waals surface area contributed by atoms with Crippen LogP contribution in [0.15, 0.2) is 30.5 Å². The molecule has 1 saturated carbocycles. The van der Waals surface area contributed by atoms with E-state index in [1.54, 1.807) is 0 Å². The predicted octanol–water partition coefficient (Wildman–Crippen LogP) is 3.25. The van der Waals surface area contributed by atoms with Gasteiger partial charge in [-0.3, -0.25) is 9.59 Å². The highest BCUT2D eigenvalue weighted by Crippen LogP contribution is 2.34. The van der Waals surface area contributed by atoms with E-state index >= 15 is 0 Å². The average Bonchev–Trinajstić information content (AvgIpc) is 3.00. The number of aromatic nitrogens is 1. The van der Waals surface area contributed by atoms with Crippen molar-refractivity contribution in [3.8, 4) is 0 Å². The lowest BCUT2D eigenvalue weighted by Gasteiger charge is -2.39. The molecule has 1 fully saturated rings. The van der Waals surface area contributed by atoms with E-state index < -0.39 is 17.4 Å². The molecule has 2 unspecified atom stereocenters. The zero-order valence-electron chi connectivity index (χ0n) is 14.0. The Bertz CT molecular complexity index is 752. The third kappa shape index (κ3) is 3.45. The molecule has 1 aliphatic rings. The Labute approximate surface area is 141 Å². The number of aliphatic carboxylic acids is 1. The fourth-order valence-corrected chi connectivity index (χ4v) is 3.78. The molecule has 1 aromatic heterocycles. The van der Waals surface area contributed by atoms with E-state index in [-0.39, 0.29) is 5.91 Å². The van der Waals surface area contributed by atoms with Crippen molar-refractivity contribution in [1.29, 1.82) is 0 Å². The van der Waals surface area contributed by atoms with Gasteiger partial charge in [-0.2, -0.15) is 0 Å². The van der Waals surface area contributed by atoms with Gasteiger partial charge in [-0.05, 0) is 55.3 Å². The molecule has 2 aromatic rings. The highest BCUT2D eigenvalue weighted by molar-refractivity contribution is 5.81. The lowest BCUT2D eigenvalue weighted by molar-refractivity contribution is -0.146. The standard InChI is InChI=1S/C19H24N2O3/c1-19(10-3-2-4-15(19)18(23)24)21-17(22)8-6-13-5-7-16-14(12-13)9-11-20-16/h5,7,9,11-12,15,20H,2-4,6,8,10H2,1H3,(H,21,22)(H,23,24). The molecule has 0 aliphatic heterocycles. The number of fused-ring (bicyclic) bond motifs is 1. The second-order valence-corrected chi connectivity index (χ2v) is 7.00. The summed E-state index contributed by atoms with van der Waals surface area (Å²) in [6.45, 7) is 1.87. The van der Waals surface area contributed by atoms with Gasteiger partial charge in [0.15, 0.2) is 0 Å². The average molecular weight is 328 g/mol. The highest BCUT2D eigenvalue weighted by atomic mass is 16.4. The third-order valence-electron chi connectivity index (χ3n) is 5.19. The molecule has 3 rings (SSSR count). The van der Waals surface area contributed by atoms with Crippen molar-refractivity contribution < 1.29 is 14.7 Å².